The number of hydrogen-bond acceptors (Lipinski definition) is 5. The first-order valence-corrected chi connectivity index (χ1v) is 9.37. The number of hydrazone groups is 1. The van der Waals surface area contributed by atoms with Gasteiger partial charge in [0, 0.05) is 10.9 Å². The van der Waals surface area contributed by atoms with Gasteiger partial charge in [-0.2, -0.15) is 10.4 Å². The summed E-state index contributed by atoms with van der Waals surface area (Å²) in [6.07, 6.45) is 0. The maximum atomic E-state index is 9.50. The first-order chi connectivity index (χ1) is 13.2. The number of rotatable bonds is 4. The van der Waals surface area contributed by atoms with Crippen molar-refractivity contribution in [2.45, 2.75) is 6.92 Å². The van der Waals surface area contributed by atoms with E-state index in [2.05, 4.69) is 45.8 Å². The fraction of sp³-hybridized carbons (Fsp3) is 0.0455. The van der Waals surface area contributed by atoms with Crippen LogP contribution in [0.1, 0.15) is 10.6 Å². The van der Waals surface area contributed by atoms with Crippen molar-refractivity contribution >= 4 is 33.5 Å². The van der Waals surface area contributed by atoms with Gasteiger partial charge in [0.05, 0.1) is 11.4 Å². The fourth-order valence-corrected chi connectivity index (χ4v) is 3.58. The largest absolute Gasteiger partial charge is 0.277 e. The zero-order valence-electron chi connectivity index (χ0n) is 14.7. The summed E-state index contributed by atoms with van der Waals surface area (Å²) in [6.45, 7) is 2.03. The second-order valence-electron chi connectivity index (χ2n) is 6.11. The van der Waals surface area contributed by atoms with Crippen molar-refractivity contribution in [3.63, 3.8) is 0 Å². The molecule has 1 heterocycles. The minimum atomic E-state index is 0.270. The number of nitrogens with zero attached hydrogens (tertiary/aromatic N) is 3. The molecule has 0 spiro atoms. The molecule has 0 aliphatic heterocycles. The van der Waals surface area contributed by atoms with E-state index in [0.717, 1.165) is 22.3 Å². The number of thiazole rings is 1. The molecule has 0 unspecified atom stereocenters. The van der Waals surface area contributed by atoms with Gasteiger partial charge in [-0.05, 0) is 29.8 Å². The lowest BCUT2D eigenvalue weighted by Crippen LogP contribution is -2.01. The summed E-state index contributed by atoms with van der Waals surface area (Å²) in [7, 11) is 0. The first kappa shape index (κ1) is 17.0. The van der Waals surface area contributed by atoms with Crippen molar-refractivity contribution in [1.82, 2.24) is 4.98 Å². The van der Waals surface area contributed by atoms with Crippen molar-refractivity contribution in [2.75, 3.05) is 5.43 Å². The minimum Gasteiger partial charge on any atom is -0.277 e. The molecule has 5 heteroatoms. The Labute approximate surface area is 161 Å². The van der Waals surface area contributed by atoms with Crippen molar-refractivity contribution in [3.05, 3.63) is 82.7 Å². The van der Waals surface area contributed by atoms with Crippen LogP contribution >= 0.6 is 11.3 Å². The van der Waals surface area contributed by atoms with Gasteiger partial charge >= 0.3 is 0 Å². The van der Waals surface area contributed by atoms with Crippen LogP contribution in [-0.2, 0) is 0 Å². The van der Waals surface area contributed by atoms with Crippen molar-refractivity contribution in [3.8, 4) is 17.3 Å². The van der Waals surface area contributed by atoms with Gasteiger partial charge in [0.15, 0.2) is 10.7 Å². The van der Waals surface area contributed by atoms with Gasteiger partial charge in [0.2, 0.25) is 0 Å². The molecule has 4 nitrogen and oxygen atoms in total. The zero-order valence-corrected chi connectivity index (χ0v) is 15.5. The number of benzene rings is 3. The molecular weight excluding hydrogens is 352 g/mol. The van der Waals surface area contributed by atoms with Crippen LogP contribution in [0.25, 0.3) is 22.0 Å². The summed E-state index contributed by atoms with van der Waals surface area (Å²) in [5.41, 5.74) is 7.11. The van der Waals surface area contributed by atoms with Crippen LogP contribution in [-0.4, -0.2) is 10.7 Å². The topological polar surface area (TPSA) is 61.1 Å². The molecule has 4 rings (SSSR count). The average Bonchev–Trinajstić information content (AvgIpc) is 3.19. The first-order valence-electron chi connectivity index (χ1n) is 8.49. The number of aromatic nitrogens is 1. The lowest BCUT2D eigenvalue weighted by molar-refractivity contribution is 1.30. The van der Waals surface area contributed by atoms with Crippen molar-refractivity contribution in [2.24, 2.45) is 5.10 Å². The maximum Gasteiger partial charge on any atom is 0.196 e. The summed E-state index contributed by atoms with van der Waals surface area (Å²) < 4.78 is 0. The molecule has 130 valence electrons. The molecule has 0 saturated carbocycles. The van der Waals surface area contributed by atoms with Gasteiger partial charge in [0.25, 0.3) is 0 Å². The van der Waals surface area contributed by atoms with Crippen LogP contribution in [0.5, 0.6) is 0 Å². The third-order valence-corrected chi connectivity index (χ3v) is 5.08. The highest BCUT2D eigenvalue weighted by atomic mass is 32.1. The van der Waals surface area contributed by atoms with E-state index in [1.807, 2.05) is 54.8 Å². The van der Waals surface area contributed by atoms with Crippen LogP contribution in [0.2, 0.25) is 0 Å². The molecule has 3 aromatic carbocycles. The second kappa shape index (κ2) is 7.40. The molecule has 4 aromatic rings. The highest BCUT2D eigenvalue weighted by molar-refractivity contribution is 7.12. The summed E-state index contributed by atoms with van der Waals surface area (Å²) in [5.74, 6) is 0. The number of aryl methyl sites for hydroxylation is 1. The van der Waals surface area contributed by atoms with E-state index in [-0.39, 0.29) is 5.71 Å². The molecule has 1 N–H and O–H groups in total. The Kier molecular flexibility index (Phi) is 4.65. The number of anilines is 1. The Morgan fingerprint density at radius 3 is 2.63 bits per heavy atom. The Hall–Kier alpha value is -3.49. The lowest BCUT2D eigenvalue weighted by atomic mass is 10.0. The summed E-state index contributed by atoms with van der Waals surface area (Å²) in [5, 5.41) is 18.6. The second-order valence-corrected chi connectivity index (χ2v) is 6.97. The molecule has 0 aliphatic carbocycles. The molecule has 27 heavy (non-hydrogen) atoms. The third kappa shape index (κ3) is 3.57. The van der Waals surface area contributed by atoms with E-state index in [1.165, 1.54) is 22.3 Å². The average molecular weight is 368 g/mol. The minimum absolute atomic E-state index is 0.270. The van der Waals surface area contributed by atoms with E-state index in [4.69, 9.17) is 0 Å². The number of nitrogens with one attached hydrogen (secondary N) is 1. The molecule has 0 aliphatic rings. The normalized spacial score (nSPS) is 11.3. The van der Waals surface area contributed by atoms with E-state index >= 15 is 0 Å². The predicted octanol–water partition coefficient (Wildman–Crippen LogP) is 5.61. The molecule has 0 atom stereocenters. The number of hydrogen-bond donors (Lipinski definition) is 1. The van der Waals surface area contributed by atoms with Crippen molar-refractivity contribution in [1.29, 1.82) is 5.26 Å². The summed E-state index contributed by atoms with van der Waals surface area (Å²) in [6, 6.07) is 24.3. The standard InChI is InChI=1S/C22H16N4S/c1-15-9-11-17(12-10-15)25-26-20(13-23)22-24-21(14-27-22)19-8-4-6-16-5-2-3-7-18(16)19/h2-12,14,25H,1H3/b26-20-. The number of fused-ring (bicyclic) bond motifs is 1. The van der Waals surface area contributed by atoms with E-state index in [0.29, 0.717) is 5.01 Å². The van der Waals surface area contributed by atoms with E-state index < -0.39 is 0 Å². The molecule has 0 fully saturated rings. The van der Waals surface area contributed by atoms with Gasteiger partial charge < -0.3 is 0 Å². The Morgan fingerprint density at radius 2 is 1.81 bits per heavy atom. The summed E-state index contributed by atoms with van der Waals surface area (Å²) >= 11 is 1.42. The van der Waals surface area contributed by atoms with E-state index in [1.54, 1.807) is 0 Å². The molecule has 0 amide bonds. The van der Waals surface area contributed by atoms with Crippen molar-refractivity contribution < 1.29 is 0 Å². The highest BCUT2D eigenvalue weighted by Gasteiger charge is 2.12. The molecule has 1 aromatic heterocycles. The van der Waals surface area contributed by atoms with Crippen LogP contribution < -0.4 is 5.43 Å². The monoisotopic (exact) mass is 368 g/mol. The molecule has 0 saturated heterocycles. The maximum absolute atomic E-state index is 9.50. The van der Waals surface area contributed by atoms with Gasteiger partial charge in [-0.15, -0.1) is 11.3 Å². The fourth-order valence-electron chi connectivity index (χ4n) is 2.82. The Morgan fingerprint density at radius 1 is 1.04 bits per heavy atom. The molecular formula is C22H16N4S. The highest BCUT2D eigenvalue weighted by Crippen LogP contribution is 2.29. The third-order valence-electron chi connectivity index (χ3n) is 4.23. The molecule has 0 bridgehead atoms. The van der Waals surface area contributed by atoms with Gasteiger partial charge in [-0.25, -0.2) is 4.98 Å². The van der Waals surface area contributed by atoms with Crippen LogP contribution in [0.3, 0.4) is 0 Å². The summed E-state index contributed by atoms with van der Waals surface area (Å²) in [4.78, 5) is 4.65. The lowest BCUT2D eigenvalue weighted by Gasteiger charge is -2.03. The predicted molar refractivity (Wildman–Crippen MR) is 112 cm³/mol. The zero-order chi connectivity index (χ0) is 18.6. The Bertz CT molecular complexity index is 1160. The molecule has 0 radical (unpaired) electrons. The number of nitriles is 1. The van der Waals surface area contributed by atoms with E-state index in [9.17, 15) is 5.26 Å². The SMILES string of the molecule is Cc1ccc(N/N=C(/C#N)c2nc(-c3cccc4ccccc34)cs2)cc1. The van der Waals surface area contributed by atoms with Crippen LogP contribution in [0, 0.1) is 18.3 Å². The quantitative estimate of drug-likeness (QED) is 0.376. The Balaban J connectivity index is 1.65. The van der Waals surface area contributed by atoms with Crippen LogP contribution in [0.15, 0.2) is 77.2 Å². The van der Waals surface area contributed by atoms with Gasteiger partial charge in [-0.1, -0.05) is 60.2 Å². The smallest absolute Gasteiger partial charge is 0.196 e. The van der Waals surface area contributed by atoms with Gasteiger partial charge in [-0.3, -0.25) is 5.43 Å². The van der Waals surface area contributed by atoms with Crippen LogP contribution in [0.4, 0.5) is 5.69 Å². The van der Waals surface area contributed by atoms with Gasteiger partial charge in [0.1, 0.15) is 6.07 Å².